The first-order valence-electron chi connectivity index (χ1n) is 5.06. The number of aryl methyl sites for hydroxylation is 1. The first-order valence-corrected chi connectivity index (χ1v) is 5.87. The number of hydrogen-bond donors (Lipinski definition) is 1. The molecule has 2 aromatic rings. The standard InChI is InChI=1S/C11H11N3O3S/c1-6-13-14-11(17-6)18-7-3-4-9(12)8(5-7)10(15)16-2/h3-5H,12H2,1-2H3. The molecular weight excluding hydrogens is 254 g/mol. The summed E-state index contributed by atoms with van der Waals surface area (Å²) in [4.78, 5) is 12.3. The van der Waals surface area contributed by atoms with Crippen LogP contribution in [0.4, 0.5) is 5.69 Å². The molecule has 2 rings (SSSR count). The molecule has 7 heteroatoms. The van der Waals surface area contributed by atoms with Crippen LogP contribution in [0.1, 0.15) is 16.2 Å². The van der Waals surface area contributed by atoms with E-state index in [0.29, 0.717) is 22.4 Å². The second-order valence-corrected chi connectivity index (χ2v) is 4.45. The van der Waals surface area contributed by atoms with Gasteiger partial charge < -0.3 is 14.9 Å². The number of aromatic nitrogens is 2. The van der Waals surface area contributed by atoms with Crippen molar-refractivity contribution in [2.45, 2.75) is 17.0 Å². The molecule has 0 bridgehead atoms. The molecule has 0 atom stereocenters. The number of hydrogen-bond acceptors (Lipinski definition) is 7. The van der Waals surface area contributed by atoms with Gasteiger partial charge in [0, 0.05) is 17.5 Å². The summed E-state index contributed by atoms with van der Waals surface area (Å²) in [5, 5.41) is 7.99. The number of carbonyl (C=O) groups is 1. The molecule has 1 aromatic carbocycles. The van der Waals surface area contributed by atoms with E-state index >= 15 is 0 Å². The molecule has 0 saturated heterocycles. The van der Waals surface area contributed by atoms with Crippen molar-refractivity contribution in [2.24, 2.45) is 0 Å². The Morgan fingerprint density at radius 2 is 2.22 bits per heavy atom. The number of nitrogen functional groups attached to an aromatic ring is 1. The predicted molar refractivity (Wildman–Crippen MR) is 65.4 cm³/mol. The summed E-state index contributed by atoms with van der Waals surface area (Å²) in [6, 6.07) is 5.04. The fraction of sp³-hybridized carbons (Fsp3) is 0.182. The maximum atomic E-state index is 11.5. The number of benzene rings is 1. The zero-order chi connectivity index (χ0) is 13.1. The first kappa shape index (κ1) is 12.4. The Balaban J connectivity index is 2.27. The molecule has 0 aliphatic rings. The largest absolute Gasteiger partial charge is 0.465 e. The van der Waals surface area contributed by atoms with Crippen molar-refractivity contribution >= 4 is 23.4 Å². The normalized spacial score (nSPS) is 10.3. The summed E-state index contributed by atoms with van der Waals surface area (Å²) in [5.74, 6) is 0.0118. The van der Waals surface area contributed by atoms with E-state index in [1.54, 1.807) is 25.1 Å². The summed E-state index contributed by atoms with van der Waals surface area (Å²) in [5.41, 5.74) is 6.39. The third kappa shape index (κ3) is 2.62. The van der Waals surface area contributed by atoms with Gasteiger partial charge in [-0.3, -0.25) is 0 Å². The van der Waals surface area contributed by atoms with Crippen LogP contribution in [-0.2, 0) is 4.74 Å². The molecule has 0 spiro atoms. The quantitative estimate of drug-likeness (QED) is 0.669. The predicted octanol–water partition coefficient (Wildman–Crippen LogP) is 1.90. The Labute approximate surface area is 108 Å². The Morgan fingerprint density at radius 1 is 1.44 bits per heavy atom. The number of methoxy groups -OCH3 is 1. The van der Waals surface area contributed by atoms with Crippen molar-refractivity contribution in [2.75, 3.05) is 12.8 Å². The number of nitrogens with two attached hydrogens (primary N) is 1. The molecule has 0 unspecified atom stereocenters. The number of nitrogens with zero attached hydrogens (tertiary/aromatic N) is 2. The van der Waals surface area contributed by atoms with Gasteiger partial charge in [0.1, 0.15) is 0 Å². The minimum atomic E-state index is -0.475. The summed E-state index contributed by atoms with van der Waals surface area (Å²) in [7, 11) is 1.31. The fourth-order valence-corrected chi connectivity index (χ4v) is 2.06. The van der Waals surface area contributed by atoms with E-state index in [2.05, 4.69) is 14.9 Å². The second-order valence-electron chi connectivity index (χ2n) is 3.43. The van der Waals surface area contributed by atoms with Crippen molar-refractivity contribution in [1.82, 2.24) is 10.2 Å². The first-order chi connectivity index (χ1) is 8.60. The van der Waals surface area contributed by atoms with E-state index in [1.807, 2.05) is 0 Å². The molecule has 0 fully saturated rings. The lowest BCUT2D eigenvalue weighted by atomic mass is 10.2. The smallest absolute Gasteiger partial charge is 0.339 e. The third-order valence-electron chi connectivity index (χ3n) is 2.14. The van der Waals surface area contributed by atoms with Gasteiger partial charge in [-0.05, 0) is 30.0 Å². The van der Waals surface area contributed by atoms with E-state index in [1.165, 1.54) is 18.9 Å². The highest BCUT2D eigenvalue weighted by molar-refractivity contribution is 7.99. The molecule has 6 nitrogen and oxygen atoms in total. The van der Waals surface area contributed by atoms with Crippen molar-refractivity contribution in [3.8, 4) is 0 Å². The van der Waals surface area contributed by atoms with Gasteiger partial charge >= 0.3 is 5.97 Å². The molecular formula is C11H11N3O3S. The van der Waals surface area contributed by atoms with Crippen LogP contribution in [-0.4, -0.2) is 23.3 Å². The minimum Gasteiger partial charge on any atom is -0.465 e. The Kier molecular flexibility index (Phi) is 3.52. The zero-order valence-electron chi connectivity index (χ0n) is 9.84. The molecule has 0 radical (unpaired) electrons. The second kappa shape index (κ2) is 5.09. The van der Waals surface area contributed by atoms with E-state index < -0.39 is 5.97 Å². The van der Waals surface area contributed by atoms with Crippen LogP contribution in [0.5, 0.6) is 0 Å². The topological polar surface area (TPSA) is 91.2 Å². The Bertz CT molecular complexity index is 583. The molecule has 0 aliphatic carbocycles. The third-order valence-corrected chi connectivity index (χ3v) is 2.97. The average molecular weight is 265 g/mol. The Morgan fingerprint density at radius 3 is 2.83 bits per heavy atom. The highest BCUT2D eigenvalue weighted by Crippen LogP contribution is 2.29. The molecule has 1 heterocycles. The van der Waals surface area contributed by atoms with Gasteiger partial charge in [-0.25, -0.2) is 4.79 Å². The van der Waals surface area contributed by atoms with Gasteiger partial charge in [0.15, 0.2) is 0 Å². The maximum Gasteiger partial charge on any atom is 0.339 e. The molecule has 2 N–H and O–H groups in total. The van der Waals surface area contributed by atoms with Crippen LogP contribution >= 0.6 is 11.8 Å². The molecule has 94 valence electrons. The van der Waals surface area contributed by atoms with Crippen LogP contribution in [0.2, 0.25) is 0 Å². The minimum absolute atomic E-state index is 0.318. The lowest BCUT2D eigenvalue weighted by Gasteiger charge is -2.05. The Hall–Kier alpha value is -2.02. The van der Waals surface area contributed by atoms with Crippen LogP contribution in [0.15, 0.2) is 32.7 Å². The zero-order valence-corrected chi connectivity index (χ0v) is 10.7. The molecule has 1 aromatic heterocycles. The number of rotatable bonds is 3. The number of carbonyl (C=O) groups excluding carboxylic acids is 1. The molecule has 0 aliphatic heterocycles. The van der Waals surface area contributed by atoms with Crippen molar-refractivity contribution < 1.29 is 13.9 Å². The summed E-state index contributed by atoms with van der Waals surface area (Å²) in [6.07, 6.45) is 0. The maximum absolute atomic E-state index is 11.5. The van der Waals surface area contributed by atoms with Gasteiger partial charge in [0.2, 0.25) is 5.89 Å². The summed E-state index contributed by atoms with van der Waals surface area (Å²) < 4.78 is 9.88. The van der Waals surface area contributed by atoms with E-state index in [-0.39, 0.29) is 0 Å². The van der Waals surface area contributed by atoms with Gasteiger partial charge in [-0.1, -0.05) is 0 Å². The average Bonchev–Trinajstić information content (AvgIpc) is 2.76. The SMILES string of the molecule is COC(=O)c1cc(Sc2nnc(C)o2)ccc1N. The van der Waals surface area contributed by atoms with Gasteiger partial charge in [-0.15, -0.1) is 10.2 Å². The van der Waals surface area contributed by atoms with Crippen molar-refractivity contribution in [3.63, 3.8) is 0 Å². The van der Waals surface area contributed by atoms with Crippen LogP contribution in [0, 0.1) is 6.92 Å². The highest BCUT2D eigenvalue weighted by Gasteiger charge is 2.12. The summed E-state index contributed by atoms with van der Waals surface area (Å²) >= 11 is 1.26. The highest BCUT2D eigenvalue weighted by atomic mass is 32.2. The van der Waals surface area contributed by atoms with Gasteiger partial charge in [0.05, 0.1) is 12.7 Å². The summed E-state index contributed by atoms with van der Waals surface area (Å²) in [6.45, 7) is 1.71. The van der Waals surface area contributed by atoms with Crippen LogP contribution in [0.3, 0.4) is 0 Å². The molecule has 0 saturated carbocycles. The van der Waals surface area contributed by atoms with E-state index in [4.69, 9.17) is 10.2 Å². The monoisotopic (exact) mass is 265 g/mol. The van der Waals surface area contributed by atoms with Gasteiger partial charge in [-0.2, -0.15) is 0 Å². The van der Waals surface area contributed by atoms with Crippen LogP contribution < -0.4 is 5.73 Å². The number of esters is 1. The molecule has 18 heavy (non-hydrogen) atoms. The van der Waals surface area contributed by atoms with E-state index in [0.717, 1.165) is 4.90 Å². The number of ether oxygens (including phenoxy) is 1. The lowest BCUT2D eigenvalue weighted by Crippen LogP contribution is -2.05. The fourth-order valence-electron chi connectivity index (χ4n) is 1.31. The molecule has 0 amide bonds. The van der Waals surface area contributed by atoms with Crippen molar-refractivity contribution in [1.29, 1.82) is 0 Å². The van der Waals surface area contributed by atoms with Gasteiger partial charge in [0.25, 0.3) is 5.22 Å². The lowest BCUT2D eigenvalue weighted by molar-refractivity contribution is 0.0601. The van der Waals surface area contributed by atoms with Crippen LogP contribution in [0.25, 0.3) is 0 Å². The number of anilines is 1. The van der Waals surface area contributed by atoms with E-state index in [9.17, 15) is 4.79 Å². The van der Waals surface area contributed by atoms with Crippen molar-refractivity contribution in [3.05, 3.63) is 29.7 Å².